The largest absolute Gasteiger partial charge is 0.362 e. The van der Waals surface area contributed by atoms with E-state index in [0.717, 1.165) is 0 Å². The number of β-lactam (4-membered cyclic amide) rings is 1. The van der Waals surface area contributed by atoms with Gasteiger partial charge in [0.1, 0.15) is 12.1 Å². The Morgan fingerprint density at radius 2 is 2.00 bits per heavy atom. The number of nitrogens with zero attached hydrogens (tertiary/aromatic N) is 2. The van der Waals surface area contributed by atoms with Gasteiger partial charge in [0.2, 0.25) is 5.91 Å². The first-order valence-electron chi connectivity index (χ1n) is 8.71. The molecule has 11 heteroatoms. The van der Waals surface area contributed by atoms with E-state index in [1.165, 1.54) is 16.7 Å². The van der Waals surface area contributed by atoms with Crippen LogP contribution in [0.15, 0.2) is 30.3 Å². The van der Waals surface area contributed by atoms with Crippen molar-refractivity contribution in [3.05, 3.63) is 35.9 Å². The molecular weight excluding hydrogens is 406 g/mol. The van der Waals surface area contributed by atoms with Crippen molar-refractivity contribution in [3.8, 4) is 0 Å². The summed E-state index contributed by atoms with van der Waals surface area (Å²) < 4.78 is 32.2. The molecule has 2 aliphatic heterocycles. The van der Waals surface area contributed by atoms with Gasteiger partial charge in [0.05, 0.1) is 6.04 Å². The highest BCUT2D eigenvalue weighted by Crippen LogP contribution is 2.36. The molecule has 152 valence electrons. The fourth-order valence-electron chi connectivity index (χ4n) is 3.59. The number of carbonyl (C=O) groups is 3. The summed E-state index contributed by atoms with van der Waals surface area (Å²) in [7, 11) is -4.64. The molecule has 0 spiro atoms. The van der Waals surface area contributed by atoms with Gasteiger partial charge in [0.25, 0.3) is 11.8 Å². The van der Waals surface area contributed by atoms with Crippen molar-refractivity contribution in [2.75, 3.05) is 18.6 Å². The third-order valence-corrected chi connectivity index (χ3v) is 6.51. The summed E-state index contributed by atoms with van der Waals surface area (Å²) in [6.45, 7) is 0.183. The predicted molar refractivity (Wildman–Crippen MR) is 103 cm³/mol. The van der Waals surface area contributed by atoms with Gasteiger partial charge in [-0.2, -0.15) is 20.2 Å². The second-order valence-corrected chi connectivity index (χ2v) is 8.89. The van der Waals surface area contributed by atoms with Gasteiger partial charge in [0, 0.05) is 12.1 Å². The molecule has 9 nitrogen and oxygen atoms in total. The molecule has 3 amide bonds. The van der Waals surface area contributed by atoms with Gasteiger partial charge in [-0.15, -0.1) is 0 Å². The quantitative estimate of drug-likeness (QED) is 0.469. The Morgan fingerprint density at radius 1 is 1.32 bits per heavy atom. The minimum absolute atomic E-state index is 0.183. The molecule has 28 heavy (non-hydrogen) atoms. The second kappa shape index (κ2) is 8.10. The maximum Gasteiger partial charge on any atom is 0.362 e. The van der Waals surface area contributed by atoms with Crippen molar-refractivity contribution in [2.24, 2.45) is 0 Å². The molecule has 0 saturated carbocycles. The van der Waals surface area contributed by atoms with E-state index in [-0.39, 0.29) is 13.0 Å². The number of fused-ring (bicyclic) bond motifs is 1. The Kier molecular flexibility index (Phi) is 5.96. The normalized spacial score (nSPS) is 22.4. The van der Waals surface area contributed by atoms with Crippen LogP contribution in [0.2, 0.25) is 0 Å². The molecule has 0 aromatic heterocycles. The molecular formula is C17H21N3O6S2. The molecule has 1 aromatic carbocycles. The van der Waals surface area contributed by atoms with Gasteiger partial charge in [-0.05, 0) is 37.0 Å². The van der Waals surface area contributed by atoms with Crippen LogP contribution in [0.5, 0.6) is 0 Å². The zero-order chi connectivity index (χ0) is 20.5. The van der Waals surface area contributed by atoms with Crippen LogP contribution in [-0.4, -0.2) is 76.6 Å². The van der Waals surface area contributed by atoms with Gasteiger partial charge in [0.15, 0.2) is 0 Å². The number of rotatable bonds is 7. The Morgan fingerprint density at radius 3 is 2.61 bits per heavy atom. The fraction of sp³-hybridized carbons (Fsp3) is 0.471. The summed E-state index contributed by atoms with van der Waals surface area (Å²) in [4.78, 5) is 39.0. The summed E-state index contributed by atoms with van der Waals surface area (Å²) in [5.74, 6) is -1.01. The van der Waals surface area contributed by atoms with Gasteiger partial charge >= 0.3 is 10.3 Å². The van der Waals surface area contributed by atoms with Crippen molar-refractivity contribution >= 4 is 39.8 Å². The van der Waals surface area contributed by atoms with Gasteiger partial charge in [-0.25, -0.2) is 4.31 Å². The highest BCUT2D eigenvalue weighted by Gasteiger charge is 2.60. The number of thioether (sulfide) groups is 1. The van der Waals surface area contributed by atoms with Crippen LogP contribution >= 0.6 is 11.8 Å². The minimum atomic E-state index is -4.64. The van der Waals surface area contributed by atoms with Crippen LogP contribution < -0.4 is 5.32 Å². The molecule has 3 rings (SSSR count). The average Bonchev–Trinajstić information content (AvgIpc) is 3.02. The van der Waals surface area contributed by atoms with Crippen LogP contribution in [0.1, 0.15) is 23.2 Å². The van der Waals surface area contributed by atoms with Crippen LogP contribution in [0, 0.1) is 0 Å². The average molecular weight is 428 g/mol. The third-order valence-electron chi connectivity index (χ3n) is 4.92. The third kappa shape index (κ3) is 3.87. The van der Waals surface area contributed by atoms with E-state index in [9.17, 15) is 22.8 Å². The molecule has 2 N–H and O–H groups in total. The first kappa shape index (κ1) is 20.6. The Labute approximate surface area is 167 Å². The summed E-state index contributed by atoms with van der Waals surface area (Å²) in [5, 5.41) is 2.72. The van der Waals surface area contributed by atoms with E-state index < -0.39 is 46.2 Å². The van der Waals surface area contributed by atoms with E-state index in [1.807, 2.05) is 6.26 Å². The van der Waals surface area contributed by atoms with E-state index in [4.69, 9.17) is 4.55 Å². The molecule has 1 aromatic rings. The summed E-state index contributed by atoms with van der Waals surface area (Å²) in [6.07, 6.45) is 2.51. The Bertz CT molecular complexity index is 876. The maximum absolute atomic E-state index is 13.0. The molecule has 2 saturated heterocycles. The lowest BCUT2D eigenvalue weighted by Gasteiger charge is -2.43. The smallest absolute Gasteiger partial charge is 0.340 e. The van der Waals surface area contributed by atoms with E-state index in [2.05, 4.69) is 5.32 Å². The van der Waals surface area contributed by atoms with Gasteiger partial charge in [-0.1, -0.05) is 18.2 Å². The molecule has 0 aliphatic carbocycles. The molecule has 0 bridgehead atoms. The van der Waals surface area contributed by atoms with E-state index in [0.29, 0.717) is 22.0 Å². The number of hydrogen-bond acceptors (Lipinski definition) is 6. The number of carbonyl (C=O) groups excluding carboxylic acids is 3. The lowest BCUT2D eigenvalue weighted by molar-refractivity contribution is -0.152. The standard InChI is InChI=1S/C17H21N3O6S2/c1-27-10-8-12(18-15(21)11-5-3-2-4-6-11)16(22)19-9-7-13-14(19)17(23)20(13)28(24,25)26/h2-6,12-14H,7-10H2,1H3,(H,18,21)(H,24,25,26)/t12-,13+,14-/m0/s1. The number of likely N-dealkylation sites (tertiary alicyclic amines) is 1. The molecule has 0 unspecified atom stereocenters. The fourth-order valence-corrected chi connectivity index (χ4v) is 4.96. The number of hydrogen-bond donors (Lipinski definition) is 2. The maximum atomic E-state index is 13.0. The van der Waals surface area contributed by atoms with Gasteiger partial charge in [-0.3, -0.25) is 18.9 Å². The summed E-state index contributed by atoms with van der Waals surface area (Å²) in [5.41, 5.74) is 0.418. The van der Waals surface area contributed by atoms with Crippen LogP contribution in [0.3, 0.4) is 0 Å². The topological polar surface area (TPSA) is 124 Å². The Balaban J connectivity index is 1.74. The zero-order valence-electron chi connectivity index (χ0n) is 15.1. The van der Waals surface area contributed by atoms with Crippen molar-refractivity contribution in [1.29, 1.82) is 0 Å². The summed E-state index contributed by atoms with van der Waals surface area (Å²) >= 11 is 1.52. The SMILES string of the molecule is CSCC[C@H](NC(=O)c1ccccc1)C(=O)N1CC[C@@H]2[C@H]1C(=O)N2S(=O)(=O)O. The first-order valence-corrected chi connectivity index (χ1v) is 11.5. The summed E-state index contributed by atoms with van der Waals surface area (Å²) in [6, 6.07) is 5.99. The lowest BCUT2D eigenvalue weighted by atomic mass is 9.99. The van der Waals surface area contributed by atoms with Crippen molar-refractivity contribution < 1.29 is 27.4 Å². The van der Waals surface area contributed by atoms with Gasteiger partial charge < -0.3 is 10.2 Å². The molecule has 2 aliphatic rings. The molecule has 2 fully saturated rings. The molecule has 2 heterocycles. The van der Waals surface area contributed by atoms with E-state index >= 15 is 0 Å². The highest BCUT2D eigenvalue weighted by molar-refractivity contribution is 7.98. The first-order chi connectivity index (χ1) is 13.3. The zero-order valence-corrected chi connectivity index (χ0v) is 16.8. The van der Waals surface area contributed by atoms with Crippen LogP contribution in [0.25, 0.3) is 0 Å². The monoisotopic (exact) mass is 427 g/mol. The molecule has 0 radical (unpaired) electrons. The predicted octanol–water partition coefficient (Wildman–Crippen LogP) is 0.153. The van der Waals surface area contributed by atoms with Crippen molar-refractivity contribution in [3.63, 3.8) is 0 Å². The Hall–Kier alpha value is -2.11. The van der Waals surface area contributed by atoms with Crippen LogP contribution in [-0.2, 0) is 19.9 Å². The van der Waals surface area contributed by atoms with E-state index in [1.54, 1.807) is 30.3 Å². The molecule has 3 atom stereocenters. The highest BCUT2D eigenvalue weighted by atomic mass is 32.2. The minimum Gasteiger partial charge on any atom is -0.340 e. The van der Waals surface area contributed by atoms with Crippen LogP contribution in [0.4, 0.5) is 0 Å². The lowest BCUT2D eigenvalue weighted by Crippen LogP contribution is -2.69. The number of amides is 3. The number of nitrogens with one attached hydrogen (secondary N) is 1. The second-order valence-electron chi connectivity index (χ2n) is 6.62. The van der Waals surface area contributed by atoms with Crippen molar-refractivity contribution in [1.82, 2.24) is 14.5 Å². The number of benzene rings is 1. The van der Waals surface area contributed by atoms with Crippen molar-refractivity contribution in [2.45, 2.75) is 31.0 Å².